The van der Waals surface area contributed by atoms with Crippen molar-refractivity contribution in [1.82, 2.24) is 0 Å². The molecule has 2 atom stereocenters. The van der Waals surface area contributed by atoms with Crippen molar-refractivity contribution in [3.63, 3.8) is 0 Å². The maximum absolute atomic E-state index is 13.2. The molecule has 96 valence electrons. The Hall–Kier alpha value is -0.930. The number of aryl methyl sites for hydroxylation is 1. The van der Waals surface area contributed by atoms with E-state index in [2.05, 4.69) is 0 Å². The highest BCUT2D eigenvalue weighted by Gasteiger charge is 2.25. The molecule has 1 aromatic rings. The van der Waals surface area contributed by atoms with Crippen molar-refractivity contribution < 1.29 is 14.6 Å². The number of hydrogen-bond acceptors (Lipinski definition) is 2. The van der Waals surface area contributed by atoms with Gasteiger partial charge in [0.05, 0.1) is 6.10 Å². The third kappa shape index (κ3) is 3.51. The molecule has 0 bridgehead atoms. The fourth-order valence-electron chi connectivity index (χ4n) is 2.16. The number of benzene rings is 1. The lowest BCUT2D eigenvalue weighted by Crippen LogP contribution is -2.27. The highest BCUT2D eigenvalue weighted by Crippen LogP contribution is 2.26. The van der Waals surface area contributed by atoms with Crippen LogP contribution in [0.5, 0.6) is 0 Å². The van der Waals surface area contributed by atoms with Gasteiger partial charge in [0.15, 0.2) is 0 Å². The quantitative estimate of drug-likeness (QED) is 0.830. The molecular formula is C14H21FO2. The molecule has 17 heavy (non-hydrogen) atoms. The van der Waals surface area contributed by atoms with Gasteiger partial charge in [0, 0.05) is 0 Å². The zero-order valence-electron chi connectivity index (χ0n) is 10.7. The highest BCUT2D eigenvalue weighted by molar-refractivity contribution is 5.26. The third-order valence-electron chi connectivity index (χ3n) is 3.26. The first-order chi connectivity index (χ1) is 7.99. The van der Waals surface area contributed by atoms with E-state index in [1.807, 2.05) is 13.8 Å². The van der Waals surface area contributed by atoms with Gasteiger partial charge < -0.3 is 10.2 Å². The van der Waals surface area contributed by atoms with E-state index in [0.29, 0.717) is 5.56 Å². The minimum Gasteiger partial charge on any atom is -0.390 e. The molecule has 2 N–H and O–H groups in total. The summed E-state index contributed by atoms with van der Waals surface area (Å²) in [4.78, 5) is 0. The van der Waals surface area contributed by atoms with E-state index in [1.165, 1.54) is 12.1 Å². The van der Waals surface area contributed by atoms with Crippen molar-refractivity contribution in [2.45, 2.75) is 45.8 Å². The zero-order chi connectivity index (χ0) is 13.0. The molecule has 3 heteroatoms. The van der Waals surface area contributed by atoms with Crippen LogP contribution in [0.4, 0.5) is 4.39 Å². The lowest BCUT2D eigenvalue weighted by molar-refractivity contribution is -0.0211. The summed E-state index contributed by atoms with van der Waals surface area (Å²) in [6, 6.07) is 4.39. The summed E-state index contributed by atoms with van der Waals surface area (Å²) in [6.07, 6.45) is -0.271. The van der Waals surface area contributed by atoms with E-state index >= 15 is 0 Å². The molecule has 0 aliphatic heterocycles. The smallest absolute Gasteiger partial charge is 0.123 e. The summed E-state index contributed by atoms with van der Waals surface area (Å²) >= 11 is 0. The number of aliphatic hydroxyl groups is 2. The molecule has 0 fully saturated rings. The summed E-state index contributed by atoms with van der Waals surface area (Å²) in [5.41, 5.74) is 1.19. The predicted octanol–water partition coefficient (Wildman–Crippen LogP) is 2.96. The van der Waals surface area contributed by atoms with Crippen LogP contribution in [0.15, 0.2) is 18.2 Å². The second-order valence-corrected chi connectivity index (χ2v) is 4.57. The monoisotopic (exact) mass is 240 g/mol. The SMILES string of the molecule is CCC(CC)C(O)C(O)c1cc(C)cc(F)c1. The van der Waals surface area contributed by atoms with Crippen molar-refractivity contribution in [2.75, 3.05) is 0 Å². The second kappa shape index (κ2) is 6.12. The minimum absolute atomic E-state index is 0.0357. The Morgan fingerprint density at radius 1 is 1.12 bits per heavy atom. The van der Waals surface area contributed by atoms with E-state index in [1.54, 1.807) is 13.0 Å². The molecule has 0 spiro atoms. The first-order valence-electron chi connectivity index (χ1n) is 6.12. The first-order valence-corrected chi connectivity index (χ1v) is 6.12. The van der Waals surface area contributed by atoms with Gasteiger partial charge in [0.2, 0.25) is 0 Å². The van der Waals surface area contributed by atoms with E-state index in [-0.39, 0.29) is 11.7 Å². The molecule has 1 rings (SSSR count). The van der Waals surface area contributed by atoms with Gasteiger partial charge in [-0.25, -0.2) is 4.39 Å². The van der Waals surface area contributed by atoms with Crippen LogP contribution in [-0.2, 0) is 0 Å². The third-order valence-corrected chi connectivity index (χ3v) is 3.26. The molecule has 1 aromatic carbocycles. The van der Waals surface area contributed by atoms with Gasteiger partial charge in [-0.1, -0.05) is 32.8 Å². The second-order valence-electron chi connectivity index (χ2n) is 4.57. The average Bonchev–Trinajstić information content (AvgIpc) is 2.28. The molecule has 0 aliphatic carbocycles. The van der Waals surface area contributed by atoms with E-state index in [4.69, 9.17) is 0 Å². The maximum Gasteiger partial charge on any atom is 0.123 e. The summed E-state index contributed by atoms with van der Waals surface area (Å²) in [7, 11) is 0. The van der Waals surface area contributed by atoms with Gasteiger partial charge in [-0.05, 0) is 36.1 Å². The Bertz CT molecular complexity index is 341. The summed E-state index contributed by atoms with van der Waals surface area (Å²) in [5.74, 6) is -0.343. The lowest BCUT2D eigenvalue weighted by atomic mass is 9.89. The van der Waals surface area contributed by atoms with Crippen molar-refractivity contribution in [3.8, 4) is 0 Å². The molecule has 0 amide bonds. The molecule has 0 saturated carbocycles. The van der Waals surface area contributed by atoms with E-state index in [9.17, 15) is 14.6 Å². The van der Waals surface area contributed by atoms with Gasteiger partial charge in [-0.3, -0.25) is 0 Å². The van der Waals surface area contributed by atoms with Crippen LogP contribution in [0.25, 0.3) is 0 Å². The Balaban J connectivity index is 2.91. The largest absolute Gasteiger partial charge is 0.390 e. The molecule has 0 aliphatic rings. The molecular weight excluding hydrogens is 219 g/mol. The van der Waals surface area contributed by atoms with Crippen molar-refractivity contribution in [3.05, 3.63) is 35.1 Å². The van der Waals surface area contributed by atoms with Gasteiger partial charge in [-0.2, -0.15) is 0 Å². The standard InChI is InChI=1S/C14H21FO2/c1-4-10(5-2)13(16)14(17)11-6-9(3)7-12(15)8-11/h6-8,10,13-14,16-17H,4-5H2,1-3H3. The van der Waals surface area contributed by atoms with Gasteiger partial charge in [-0.15, -0.1) is 0 Å². The summed E-state index contributed by atoms with van der Waals surface area (Å²) < 4.78 is 13.2. The van der Waals surface area contributed by atoms with Crippen molar-refractivity contribution >= 4 is 0 Å². The fraction of sp³-hybridized carbons (Fsp3) is 0.571. The molecule has 0 radical (unpaired) electrons. The van der Waals surface area contributed by atoms with Crippen LogP contribution in [0.3, 0.4) is 0 Å². The first kappa shape index (κ1) is 14.1. The Kier molecular flexibility index (Phi) is 5.09. The molecule has 2 unspecified atom stereocenters. The Morgan fingerprint density at radius 2 is 1.71 bits per heavy atom. The zero-order valence-corrected chi connectivity index (χ0v) is 10.7. The average molecular weight is 240 g/mol. The minimum atomic E-state index is -1.02. The Morgan fingerprint density at radius 3 is 2.18 bits per heavy atom. The molecule has 2 nitrogen and oxygen atoms in total. The van der Waals surface area contributed by atoms with Crippen LogP contribution in [0.2, 0.25) is 0 Å². The van der Waals surface area contributed by atoms with Crippen molar-refractivity contribution in [2.24, 2.45) is 5.92 Å². The van der Waals surface area contributed by atoms with Crippen LogP contribution in [0, 0.1) is 18.7 Å². The van der Waals surface area contributed by atoms with Crippen LogP contribution >= 0.6 is 0 Å². The maximum atomic E-state index is 13.2. The van der Waals surface area contributed by atoms with Gasteiger partial charge in [0.1, 0.15) is 11.9 Å². The van der Waals surface area contributed by atoms with Crippen LogP contribution in [0.1, 0.15) is 43.9 Å². The van der Waals surface area contributed by atoms with Crippen molar-refractivity contribution in [1.29, 1.82) is 0 Å². The normalized spacial score (nSPS) is 15.0. The lowest BCUT2D eigenvalue weighted by Gasteiger charge is -2.25. The number of hydrogen-bond donors (Lipinski definition) is 2. The molecule has 0 aromatic heterocycles. The van der Waals surface area contributed by atoms with Crippen LogP contribution < -0.4 is 0 Å². The van der Waals surface area contributed by atoms with E-state index in [0.717, 1.165) is 18.4 Å². The predicted molar refractivity (Wildman–Crippen MR) is 66.2 cm³/mol. The molecule has 0 saturated heterocycles. The van der Waals surface area contributed by atoms with Crippen LogP contribution in [-0.4, -0.2) is 16.3 Å². The van der Waals surface area contributed by atoms with Gasteiger partial charge >= 0.3 is 0 Å². The summed E-state index contributed by atoms with van der Waals surface area (Å²) in [6.45, 7) is 5.71. The highest BCUT2D eigenvalue weighted by atomic mass is 19.1. The summed E-state index contributed by atoms with van der Waals surface area (Å²) in [5, 5.41) is 20.1. The fourth-order valence-corrected chi connectivity index (χ4v) is 2.16. The van der Waals surface area contributed by atoms with Gasteiger partial charge in [0.25, 0.3) is 0 Å². The number of rotatable bonds is 5. The Labute approximate surface area is 102 Å². The number of halogens is 1. The topological polar surface area (TPSA) is 40.5 Å². The molecule has 0 heterocycles. The number of aliphatic hydroxyl groups excluding tert-OH is 2. The van der Waals surface area contributed by atoms with E-state index < -0.39 is 12.2 Å².